The highest BCUT2D eigenvalue weighted by Crippen LogP contribution is 1.97. The highest BCUT2D eigenvalue weighted by atomic mass is 35.5. The molecule has 1 aromatic rings. The quantitative estimate of drug-likeness (QED) is 0.724. The number of hydrogen-bond acceptors (Lipinski definition) is 1. The van der Waals surface area contributed by atoms with Gasteiger partial charge < -0.3 is 5.32 Å². The smallest absolute Gasteiger partial charge is 0.102 e. The summed E-state index contributed by atoms with van der Waals surface area (Å²) in [5.41, 5.74) is 1.30. The molecule has 74 valence electrons. The minimum absolute atomic E-state index is 0. The van der Waals surface area contributed by atoms with Crippen molar-refractivity contribution in [1.82, 2.24) is 5.32 Å². The number of nitrogens with one attached hydrogen (secondary N) is 1. The van der Waals surface area contributed by atoms with Gasteiger partial charge in [0, 0.05) is 6.54 Å². The summed E-state index contributed by atoms with van der Waals surface area (Å²) in [5, 5.41) is 3.01. The van der Waals surface area contributed by atoms with Crippen LogP contribution in [-0.4, -0.2) is 19.8 Å². The molecule has 3 heteroatoms. The third kappa shape index (κ3) is 5.61. The minimum Gasteiger partial charge on any atom is -0.314 e. The van der Waals surface area contributed by atoms with E-state index in [0.29, 0.717) is 6.54 Å². The number of benzene rings is 1. The molecule has 0 aliphatic carbocycles. The normalized spacial score (nSPS) is 9.31. The molecule has 0 fully saturated rings. The van der Waals surface area contributed by atoms with Gasteiger partial charge in [-0.15, -0.1) is 12.4 Å². The first kappa shape index (κ1) is 12.4. The second-order valence-corrected chi connectivity index (χ2v) is 2.67. The van der Waals surface area contributed by atoms with Gasteiger partial charge in [0.15, 0.2) is 0 Å². The Morgan fingerprint density at radius 1 is 1.08 bits per heavy atom. The van der Waals surface area contributed by atoms with Crippen molar-refractivity contribution in [1.29, 1.82) is 0 Å². The first-order chi connectivity index (χ1) is 5.93. The fourth-order valence-electron chi connectivity index (χ4n) is 1.07. The lowest BCUT2D eigenvalue weighted by atomic mass is 10.1. The van der Waals surface area contributed by atoms with Gasteiger partial charge in [-0.3, -0.25) is 0 Å². The SMILES string of the molecule is Cl.FCCNCCc1ccccc1. The topological polar surface area (TPSA) is 12.0 Å². The Morgan fingerprint density at radius 3 is 2.38 bits per heavy atom. The summed E-state index contributed by atoms with van der Waals surface area (Å²) in [6.07, 6.45) is 0.973. The molecule has 0 saturated heterocycles. The minimum atomic E-state index is -0.283. The molecule has 1 N–H and O–H groups in total. The Bertz CT molecular complexity index is 203. The zero-order valence-electron chi connectivity index (χ0n) is 7.50. The summed E-state index contributed by atoms with van der Waals surface area (Å²) >= 11 is 0. The maximum absolute atomic E-state index is 11.7. The molecule has 0 aromatic heterocycles. The number of hydrogen-bond donors (Lipinski definition) is 1. The van der Waals surface area contributed by atoms with Gasteiger partial charge in [-0.1, -0.05) is 30.3 Å². The Balaban J connectivity index is 0.00000144. The van der Waals surface area contributed by atoms with Crippen LogP contribution in [0.25, 0.3) is 0 Å². The van der Waals surface area contributed by atoms with Crippen molar-refractivity contribution in [3.05, 3.63) is 35.9 Å². The molecular weight excluding hydrogens is 189 g/mol. The summed E-state index contributed by atoms with van der Waals surface area (Å²) in [6, 6.07) is 10.2. The van der Waals surface area contributed by atoms with Crippen LogP contribution in [-0.2, 0) is 6.42 Å². The molecule has 1 nitrogen and oxygen atoms in total. The molecule has 0 radical (unpaired) electrons. The van der Waals surface area contributed by atoms with Gasteiger partial charge in [0.2, 0.25) is 0 Å². The summed E-state index contributed by atoms with van der Waals surface area (Å²) in [4.78, 5) is 0. The molecular formula is C10H15ClFN. The monoisotopic (exact) mass is 203 g/mol. The van der Waals surface area contributed by atoms with Crippen LogP contribution in [0.1, 0.15) is 5.56 Å². The maximum atomic E-state index is 11.7. The van der Waals surface area contributed by atoms with E-state index >= 15 is 0 Å². The van der Waals surface area contributed by atoms with Gasteiger partial charge in [0.1, 0.15) is 6.67 Å². The van der Waals surface area contributed by atoms with Crippen LogP contribution in [0.4, 0.5) is 4.39 Å². The first-order valence-electron chi connectivity index (χ1n) is 4.24. The second kappa shape index (κ2) is 8.02. The summed E-state index contributed by atoms with van der Waals surface area (Å²) in [5.74, 6) is 0. The fourth-order valence-corrected chi connectivity index (χ4v) is 1.07. The molecule has 1 aromatic carbocycles. The summed E-state index contributed by atoms with van der Waals surface area (Å²) < 4.78 is 11.7. The van der Waals surface area contributed by atoms with Gasteiger partial charge in [-0.05, 0) is 18.5 Å². The molecule has 1 rings (SSSR count). The first-order valence-corrected chi connectivity index (χ1v) is 4.24. The van der Waals surface area contributed by atoms with E-state index in [2.05, 4.69) is 17.4 Å². The molecule has 0 unspecified atom stereocenters. The molecule has 0 amide bonds. The lowest BCUT2D eigenvalue weighted by Crippen LogP contribution is -2.19. The third-order valence-electron chi connectivity index (χ3n) is 1.70. The Labute approximate surface area is 84.8 Å². The van der Waals surface area contributed by atoms with Gasteiger partial charge >= 0.3 is 0 Å². The molecule has 0 bridgehead atoms. The van der Waals surface area contributed by atoms with E-state index in [4.69, 9.17) is 0 Å². The Hall–Kier alpha value is -0.600. The van der Waals surface area contributed by atoms with Crippen molar-refractivity contribution in [2.45, 2.75) is 6.42 Å². The zero-order valence-corrected chi connectivity index (χ0v) is 8.32. The lowest BCUT2D eigenvalue weighted by molar-refractivity contribution is 0.468. The lowest BCUT2D eigenvalue weighted by Gasteiger charge is -2.01. The van der Waals surface area contributed by atoms with Crippen LogP contribution in [0.15, 0.2) is 30.3 Å². The van der Waals surface area contributed by atoms with Crippen LogP contribution >= 0.6 is 12.4 Å². The summed E-state index contributed by atoms with van der Waals surface area (Å²) in [6.45, 7) is 1.04. The van der Waals surface area contributed by atoms with E-state index in [-0.39, 0.29) is 19.1 Å². The average Bonchev–Trinajstić information content (AvgIpc) is 2.14. The maximum Gasteiger partial charge on any atom is 0.102 e. The fraction of sp³-hybridized carbons (Fsp3) is 0.400. The zero-order chi connectivity index (χ0) is 8.65. The molecule has 0 aliphatic rings. The van der Waals surface area contributed by atoms with Crippen LogP contribution in [0.5, 0.6) is 0 Å². The van der Waals surface area contributed by atoms with E-state index in [1.807, 2.05) is 18.2 Å². The van der Waals surface area contributed by atoms with Crippen LogP contribution in [0, 0.1) is 0 Å². The van der Waals surface area contributed by atoms with Crippen LogP contribution < -0.4 is 5.32 Å². The van der Waals surface area contributed by atoms with Crippen molar-refractivity contribution in [2.75, 3.05) is 19.8 Å². The third-order valence-corrected chi connectivity index (χ3v) is 1.70. The van der Waals surface area contributed by atoms with Crippen molar-refractivity contribution in [3.8, 4) is 0 Å². The van der Waals surface area contributed by atoms with Gasteiger partial charge in [0.25, 0.3) is 0 Å². The Kier molecular flexibility index (Phi) is 7.65. The molecule has 0 aliphatic heterocycles. The molecule has 13 heavy (non-hydrogen) atoms. The largest absolute Gasteiger partial charge is 0.314 e. The van der Waals surface area contributed by atoms with Gasteiger partial charge in [0.05, 0.1) is 0 Å². The van der Waals surface area contributed by atoms with E-state index in [1.54, 1.807) is 0 Å². The molecule has 0 heterocycles. The standard InChI is InChI=1S/C10H14FN.ClH/c11-7-9-12-8-6-10-4-2-1-3-5-10;/h1-5,12H,6-9H2;1H. The van der Waals surface area contributed by atoms with Crippen molar-refractivity contribution < 1.29 is 4.39 Å². The second-order valence-electron chi connectivity index (χ2n) is 2.67. The van der Waals surface area contributed by atoms with E-state index in [1.165, 1.54) is 5.56 Å². The van der Waals surface area contributed by atoms with E-state index in [9.17, 15) is 4.39 Å². The number of alkyl halides is 1. The molecule has 0 spiro atoms. The van der Waals surface area contributed by atoms with Crippen LogP contribution in [0.3, 0.4) is 0 Å². The van der Waals surface area contributed by atoms with E-state index < -0.39 is 0 Å². The predicted octanol–water partition coefficient (Wildman–Crippen LogP) is 2.21. The average molecular weight is 204 g/mol. The van der Waals surface area contributed by atoms with Crippen molar-refractivity contribution >= 4 is 12.4 Å². The van der Waals surface area contributed by atoms with Crippen LogP contribution in [0.2, 0.25) is 0 Å². The number of rotatable bonds is 5. The molecule has 0 atom stereocenters. The van der Waals surface area contributed by atoms with E-state index in [0.717, 1.165) is 13.0 Å². The molecule has 0 saturated carbocycles. The predicted molar refractivity (Wildman–Crippen MR) is 56.2 cm³/mol. The highest BCUT2D eigenvalue weighted by Gasteiger charge is 1.89. The van der Waals surface area contributed by atoms with Crippen molar-refractivity contribution in [3.63, 3.8) is 0 Å². The highest BCUT2D eigenvalue weighted by molar-refractivity contribution is 5.85. The van der Waals surface area contributed by atoms with Gasteiger partial charge in [-0.2, -0.15) is 0 Å². The Morgan fingerprint density at radius 2 is 1.77 bits per heavy atom. The van der Waals surface area contributed by atoms with Crippen molar-refractivity contribution in [2.24, 2.45) is 0 Å². The summed E-state index contributed by atoms with van der Waals surface area (Å²) in [7, 11) is 0. The number of halogens is 2. The van der Waals surface area contributed by atoms with Gasteiger partial charge in [-0.25, -0.2) is 4.39 Å².